The fraction of sp³-hybridized carbons (Fsp3) is 0.577. The number of amides is 1. The number of thiophene rings is 1. The van der Waals surface area contributed by atoms with Gasteiger partial charge in [-0.3, -0.25) is 4.79 Å². The van der Waals surface area contributed by atoms with E-state index in [9.17, 15) is 4.79 Å². The van der Waals surface area contributed by atoms with Crippen LogP contribution >= 0.6 is 11.3 Å². The largest absolute Gasteiger partial charge is 0.342 e. The molecule has 2 heterocycles. The van der Waals surface area contributed by atoms with Gasteiger partial charge < -0.3 is 9.80 Å². The van der Waals surface area contributed by atoms with Gasteiger partial charge in [-0.2, -0.15) is 0 Å². The second-order valence-corrected chi connectivity index (χ2v) is 10.5. The number of aryl methyl sites for hydroxylation is 5. The molecule has 3 rings (SSSR count). The predicted molar refractivity (Wildman–Crippen MR) is 129 cm³/mol. The maximum atomic E-state index is 12.7. The Morgan fingerprint density at radius 2 is 1.67 bits per heavy atom. The molecule has 0 N–H and O–H groups in total. The zero-order valence-corrected chi connectivity index (χ0v) is 20.3. The summed E-state index contributed by atoms with van der Waals surface area (Å²) in [5, 5.41) is 0. The summed E-state index contributed by atoms with van der Waals surface area (Å²) in [6, 6.07) is 6.86. The van der Waals surface area contributed by atoms with Crippen molar-refractivity contribution in [2.24, 2.45) is 0 Å². The second-order valence-electron chi connectivity index (χ2n) is 9.07. The highest BCUT2D eigenvalue weighted by Crippen LogP contribution is 2.23. The summed E-state index contributed by atoms with van der Waals surface area (Å²) < 4.78 is 0. The molecule has 30 heavy (non-hydrogen) atoms. The van der Waals surface area contributed by atoms with Crippen molar-refractivity contribution in [1.29, 1.82) is 0 Å². The number of unbranched alkanes of at least 4 members (excludes halogenated alkanes) is 1. The van der Waals surface area contributed by atoms with Crippen LogP contribution in [0.25, 0.3) is 0 Å². The van der Waals surface area contributed by atoms with E-state index in [0.717, 1.165) is 39.0 Å². The number of hydrogen-bond donors (Lipinski definition) is 0. The summed E-state index contributed by atoms with van der Waals surface area (Å²) in [6.07, 6.45) is 6.29. The molecule has 3 nitrogen and oxygen atoms in total. The smallest absolute Gasteiger partial charge is 0.227 e. The van der Waals surface area contributed by atoms with Crippen LogP contribution in [0.15, 0.2) is 18.2 Å². The number of fused-ring (bicyclic) bond motifs is 1. The number of hydrogen-bond acceptors (Lipinski definition) is 3. The number of nitrogens with zero attached hydrogens (tertiary/aromatic N) is 2. The van der Waals surface area contributed by atoms with E-state index in [1.54, 1.807) is 0 Å². The average Bonchev–Trinajstić information content (AvgIpc) is 2.93. The molecule has 0 atom stereocenters. The summed E-state index contributed by atoms with van der Waals surface area (Å²) in [6.45, 7) is 12.7. The summed E-state index contributed by atoms with van der Waals surface area (Å²) in [7, 11) is 2.21. The summed E-state index contributed by atoms with van der Waals surface area (Å²) in [5.41, 5.74) is 6.76. The van der Waals surface area contributed by atoms with Crippen molar-refractivity contribution >= 4 is 17.2 Å². The molecule has 2 aromatic rings. The van der Waals surface area contributed by atoms with E-state index in [0.29, 0.717) is 12.3 Å². The Morgan fingerprint density at radius 3 is 2.37 bits per heavy atom. The highest BCUT2D eigenvalue weighted by atomic mass is 32.1. The van der Waals surface area contributed by atoms with E-state index >= 15 is 0 Å². The lowest BCUT2D eigenvalue weighted by molar-refractivity contribution is -0.130. The molecule has 0 saturated heterocycles. The standard InChI is InChI=1S/C26H38N2OS/c1-19-15-24-10-14-28(26(29)18-25(24)16-20(19)2)13-8-12-27(5)11-7-6-9-23-17-21(3)30-22(23)4/h15-17H,6-14,18H2,1-5H3. The van der Waals surface area contributed by atoms with Crippen molar-refractivity contribution < 1.29 is 4.79 Å². The molecular weight excluding hydrogens is 388 g/mol. The lowest BCUT2D eigenvalue weighted by Gasteiger charge is -2.22. The van der Waals surface area contributed by atoms with E-state index < -0.39 is 0 Å². The van der Waals surface area contributed by atoms with Crippen molar-refractivity contribution in [3.63, 3.8) is 0 Å². The van der Waals surface area contributed by atoms with Crippen LogP contribution in [-0.4, -0.2) is 48.9 Å². The van der Waals surface area contributed by atoms with Crippen molar-refractivity contribution in [3.05, 3.63) is 55.8 Å². The quantitative estimate of drug-likeness (QED) is 0.511. The van der Waals surface area contributed by atoms with Crippen LogP contribution in [-0.2, 0) is 24.1 Å². The number of carbonyl (C=O) groups excluding carboxylic acids is 1. The zero-order valence-electron chi connectivity index (χ0n) is 19.5. The minimum absolute atomic E-state index is 0.293. The van der Waals surface area contributed by atoms with Crippen molar-refractivity contribution in [3.8, 4) is 0 Å². The van der Waals surface area contributed by atoms with Gasteiger partial charge in [0.25, 0.3) is 0 Å². The highest BCUT2D eigenvalue weighted by Gasteiger charge is 2.20. The van der Waals surface area contributed by atoms with Crippen LogP contribution in [0.5, 0.6) is 0 Å². The van der Waals surface area contributed by atoms with E-state index in [-0.39, 0.29) is 0 Å². The Balaban J connectivity index is 1.36. The van der Waals surface area contributed by atoms with Crippen LogP contribution in [0, 0.1) is 27.7 Å². The molecule has 0 bridgehead atoms. The maximum Gasteiger partial charge on any atom is 0.227 e. The predicted octanol–water partition coefficient (Wildman–Crippen LogP) is 5.25. The van der Waals surface area contributed by atoms with E-state index in [4.69, 9.17) is 0 Å². The summed E-state index contributed by atoms with van der Waals surface area (Å²) >= 11 is 1.91. The first kappa shape index (κ1) is 23.0. The molecule has 0 saturated carbocycles. The summed E-state index contributed by atoms with van der Waals surface area (Å²) in [5.74, 6) is 0.293. The SMILES string of the molecule is Cc1cc(CCCCN(C)CCCN2CCc3cc(C)c(C)cc3CC2=O)c(C)s1. The Bertz CT molecular complexity index is 870. The highest BCUT2D eigenvalue weighted by molar-refractivity contribution is 7.12. The molecule has 1 amide bonds. The third-order valence-electron chi connectivity index (χ3n) is 6.51. The molecule has 0 spiro atoms. The van der Waals surface area contributed by atoms with Crippen LogP contribution in [0.2, 0.25) is 0 Å². The molecule has 0 radical (unpaired) electrons. The van der Waals surface area contributed by atoms with Crippen LogP contribution in [0.4, 0.5) is 0 Å². The third-order valence-corrected chi connectivity index (χ3v) is 7.52. The number of rotatable bonds is 9. The van der Waals surface area contributed by atoms with Gasteiger partial charge in [-0.05, 0) is 114 Å². The fourth-order valence-electron chi connectivity index (χ4n) is 4.50. The molecule has 1 aliphatic rings. The summed E-state index contributed by atoms with van der Waals surface area (Å²) in [4.78, 5) is 20.2. The first-order chi connectivity index (χ1) is 14.3. The molecule has 1 aromatic heterocycles. The van der Waals surface area contributed by atoms with Gasteiger partial charge >= 0.3 is 0 Å². The Hall–Kier alpha value is -1.65. The molecule has 164 valence electrons. The first-order valence-electron chi connectivity index (χ1n) is 11.4. The van der Waals surface area contributed by atoms with Gasteiger partial charge in [-0.25, -0.2) is 0 Å². The van der Waals surface area contributed by atoms with Gasteiger partial charge in [0.2, 0.25) is 5.91 Å². The van der Waals surface area contributed by atoms with E-state index in [2.05, 4.69) is 62.7 Å². The first-order valence-corrected chi connectivity index (χ1v) is 12.3. The Morgan fingerprint density at radius 1 is 0.967 bits per heavy atom. The molecule has 4 heteroatoms. The molecule has 0 unspecified atom stereocenters. The van der Waals surface area contributed by atoms with Crippen LogP contribution < -0.4 is 0 Å². The lowest BCUT2D eigenvalue weighted by Crippen LogP contribution is -2.35. The minimum atomic E-state index is 0.293. The molecule has 0 aliphatic carbocycles. The topological polar surface area (TPSA) is 23.6 Å². The molecule has 1 aromatic carbocycles. The Kier molecular flexibility index (Phi) is 8.13. The molecular formula is C26H38N2OS. The zero-order chi connectivity index (χ0) is 21.7. The Labute approximate surface area is 187 Å². The van der Waals surface area contributed by atoms with Crippen LogP contribution in [0.1, 0.15) is 56.8 Å². The molecule has 0 fully saturated rings. The van der Waals surface area contributed by atoms with Crippen molar-refractivity contribution in [2.75, 3.05) is 33.2 Å². The monoisotopic (exact) mass is 426 g/mol. The number of carbonyl (C=O) groups is 1. The van der Waals surface area contributed by atoms with Gasteiger partial charge in [0.1, 0.15) is 0 Å². The van der Waals surface area contributed by atoms with Gasteiger partial charge in [0.15, 0.2) is 0 Å². The number of benzene rings is 1. The molecule has 1 aliphatic heterocycles. The normalized spacial score (nSPS) is 14.3. The van der Waals surface area contributed by atoms with Gasteiger partial charge in [0, 0.05) is 22.8 Å². The lowest BCUT2D eigenvalue weighted by atomic mass is 9.97. The van der Waals surface area contributed by atoms with Gasteiger partial charge in [-0.1, -0.05) is 12.1 Å². The maximum absolute atomic E-state index is 12.7. The van der Waals surface area contributed by atoms with Gasteiger partial charge in [-0.15, -0.1) is 11.3 Å². The average molecular weight is 427 g/mol. The van der Waals surface area contributed by atoms with Crippen LogP contribution in [0.3, 0.4) is 0 Å². The third kappa shape index (κ3) is 6.18. The minimum Gasteiger partial charge on any atom is -0.342 e. The fourth-order valence-corrected chi connectivity index (χ4v) is 5.47. The van der Waals surface area contributed by atoms with Crippen molar-refractivity contribution in [1.82, 2.24) is 9.80 Å². The second kappa shape index (κ2) is 10.6. The van der Waals surface area contributed by atoms with E-state index in [1.807, 2.05) is 11.3 Å². The van der Waals surface area contributed by atoms with Crippen molar-refractivity contribution in [2.45, 2.75) is 66.2 Å². The van der Waals surface area contributed by atoms with Gasteiger partial charge in [0.05, 0.1) is 6.42 Å². The van der Waals surface area contributed by atoms with E-state index in [1.165, 1.54) is 56.8 Å².